The second-order valence-electron chi connectivity index (χ2n) is 5.03. The van der Waals surface area contributed by atoms with Gasteiger partial charge in [-0.05, 0) is 38.6 Å². The van der Waals surface area contributed by atoms with Crippen LogP contribution in [0.4, 0.5) is 0 Å². The van der Waals surface area contributed by atoms with Crippen LogP contribution in [0.1, 0.15) is 26.9 Å². The number of para-hydroxylation sites is 1. The van der Waals surface area contributed by atoms with Gasteiger partial charge in [0.15, 0.2) is 0 Å². The predicted octanol–water partition coefficient (Wildman–Crippen LogP) is 4.22. The number of rotatable bonds is 3. The molecule has 2 aromatic heterocycles. The van der Waals surface area contributed by atoms with Gasteiger partial charge in [0.25, 0.3) is 0 Å². The normalized spacial score (nSPS) is 12.8. The Hall–Kier alpha value is -1.71. The maximum Gasteiger partial charge on any atom is 0.0753 e. The number of aromatic nitrogens is 1. The summed E-state index contributed by atoms with van der Waals surface area (Å²) in [7, 11) is 2.01. The molecule has 0 aliphatic heterocycles. The van der Waals surface area contributed by atoms with Crippen LogP contribution in [0.15, 0.2) is 42.6 Å². The molecule has 1 N–H and O–H groups in total. The van der Waals surface area contributed by atoms with Crippen LogP contribution in [0.3, 0.4) is 0 Å². The Bertz CT molecular complexity index is 721. The van der Waals surface area contributed by atoms with Crippen LogP contribution in [0, 0.1) is 13.8 Å². The minimum Gasteiger partial charge on any atom is -0.309 e. The maximum absolute atomic E-state index is 4.57. The zero-order chi connectivity index (χ0) is 14.1. The maximum atomic E-state index is 4.57. The molecule has 2 nitrogen and oxygen atoms in total. The molecule has 0 radical (unpaired) electrons. The van der Waals surface area contributed by atoms with Gasteiger partial charge in [0.2, 0.25) is 0 Å². The zero-order valence-corrected chi connectivity index (χ0v) is 12.8. The summed E-state index contributed by atoms with van der Waals surface area (Å²) in [5.74, 6) is 0. The fraction of sp³-hybridized carbons (Fsp3) is 0.235. The Balaban J connectivity index is 2.16. The molecule has 0 aliphatic carbocycles. The molecule has 0 saturated heterocycles. The molecular weight excluding hydrogens is 264 g/mol. The fourth-order valence-corrected chi connectivity index (χ4v) is 3.73. The highest BCUT2D eigenvalue weighted by atomic mass is 32.1. The average Bonchev–Trinajstić information content (AvgIpc) is 2.79. The van der Waals surface area contributed by atoms with E-state index in [1.807, 2.05) is 30.6 Å². The van der Waals surface area contributed by atoms with Gasteiger partial charge in [0, 0.05) is 26.9 Å². The number of hydrogen-bond acceptors (Lipinski definition) is 3. The molecule has 1 aromatic carbocycles. The molecule has 3 heteroatoms. The van der Waals surface area contributed by atoms with Crippen LogP contribution in [0.5, 0.6) is 0 Å². The van der Waals surface area contributed by atoms with Crippen molar-refractivity contribution in [3.63, 3.8) is 0 Å². The van der Waals surface area contributed by atoms with E-state index in [9.17, 15) is 0 Å². The first kappa shape index (κ1) is 13.3. The van der Waals surface area contributed by atoms with Crippen molar-refractivity contribution >= 4 is 22.2 Å². The molecule has 102 valence electrons. The highest BCUT2D eigenvalue weighted by molar-refractivity contribution is 7.12. The van der Waals surface area contributed by atoms with Crippen LogP contribution in [-0.4, -0.2) is 12.0 Å². The lowest BCUT2D eigenvalue weighted by molar-refractivity contribution is 0.707. The van der Waals surface area contributed by atoms with Crippen LogP contribution in [-0.2, 0) is 0 Å². The Morgan fingerprint density at radius 2 is 1.95 bits per heavy atom. The first-order valence-corrected chi connectivity index (χ1v) is 7.60. The molecule has 3 aromatic rings. The number of hydrogen-bond donors (Lipinski definition) is 1. The van der Waals surface area contributed by atoms with Gasteiger partial charge in [-0.25, -0.2) is 0 Å². The Labute approximate surface area is 123 Å². The third kappa shape index (κ3) is 2.23. The van der Waals surface area contributed by atoms with E-state index >= 15 is 0 Å². The first-order valence-electron chi connectivity index (χ1n) is 6.78. The van der Waals surface area contributed by atoms with Crippen molar-refractivity contribution < 1.29 is 0 Å². The van der Waals surface area contributed by atoms with Crippen LogP contribution >= 0.6 is 11.3 Å². The standard InChI is InChI=1S/C17H18N2S/c1-11-10-15(20-12(11)2)17(18-3)14-8-4-6-13-7-5-9-19-16(13)14/h4-10,17-18H,1-3H3. The van der Waals surface area contributed by atoms with E-state index in [0.717, 1.165) is 5.52 Å². The Morgan fingerprint density at radius 1 is 1.15 bits per heavy atom. The van der Waals surface area contributed by atoms with Gasteiger partial charge in [-0.2, -0.15) is 0 Å². The van der Waals surface area contributed by atoms with Crippen molar-refractivity contribution in [1.82, 2.24) is 10.3 Å². The van der Waals surface area contributed by atoms with E-state index in [1.54, 1.807) is 0 Å². The summed E-state index contributed by atoms with van der Waals surface area (Å²) >= 11 is 1.86. The molecule has 1 atom stereocenters. The summed E-state index contributed by atoms with van der Waals surface area (Å²) < 4.78 is 0. The van der Waals surface area contributed by atoms with Gasteiger partial charge in [-0.3, -0.25) is 4.98 Å². The van der Waals surface area contributed by atoms with Crippen LogP contribution < -0.4 is 5.32 Å². The third-order valence-corrected chi connectivity index (χ3v) is 4.95. The predicted molar refractivity (Wildman–Crippen MR) is 86.4 cm³/mol. The largest absolute Gasteiger partial charge is 0.309 e. The monoisotopic (exact) mass is 282 g/mol. The van der Waals surface area contributed by atoms with E-state index in [4.69, 9.17) is 0 Å². The van der Waals surface area contributed by atoms with E-state index in [1.165, 1.54) is 26.3 Å². The minimum atomic E-state index is 0.200. The zero-order valence-electron chi connectivity index (χ0n) is 12.0. The van der Waals surface area contributed by atoms with Gasteiger partial charge < -0.3 is 5.32 Å². The number of fused-ring (bicyclic) bond motifs is 1. The molecule has 0 aliphatic rings. The number of aryl methyl sites for hydroxylation is 2. The Morgan fingerprint density at radius 3 is 2.65 bits per heavy atom. The summed E-state index contributed by atoms with van der Waals surface area (Å²) in [6, 6.07) is 13.0. The first-order chi connectivity index (χ1) is 9.70. The van der Waals surface area contributed by atoms with Gasteiger partial charge >= 0.3 is 0 Å². The molecule has 0 saturated carbocycles. The number of thiophene rings is 1. The number of pyridine rings is 1. The highest BCUT2D eigenvalue weighted by Gasteiger charge is 2.18. The smallest absolute Gasteiger partial charge is 0.0753 e. The summed E-state index contributed by atoms with van der Waals surface area (Å²) in [6.45, 7) is 4.35. The van der Waals surface area contributed by atoms with E-state index < -0.39 is 0 Å². The number of benzene rings is 1. The lowest BCUT2D eigenvalue weighted by Gasteiger charge is -2.16. The van der Waals surface area contributed by atoms with Gasteiger partial charge in [0.1, 0.15) is 0 Å². The molecule has 0 fully saturated rings. The quantitative estimate of drug-likeness (QED) is 0.778. The second-order valence-corrected chi connectivity index (χ2v) is 6.32. The second kappa shape index (κ2) is 5.35. The van der Waals surface area contributed by atoms with Crippen LogP contribution in [0.2, 0.25) is 0 Å². The van der Waals surface area contributed by atoms with Gasteiger partial charge in [-0.1, -0.05) is 24.3 Å². The molecule has 0 amide bonds. The van der Waals surface area contributed by atoms with Crippen molar-refractivity contribution in [1.29, 1.82) is 0 Å². The summed E-state index contributed by atoms with van der Waals surface area (Å²) in [5.41, 5.74) is 3.68. The summed E-state index contributed by atoms with van der Waals surface area (Å²) in [4.78, 5) is 7.30. The molecular formula is C17H18N2S. The van der Waals surface area contributed by atoms with Crippen molar-refractivity contribution in [3.05, 3.63) is 63.5 Å². The summed E-state index contributed by atoms with van der Waals surface area (Å²) in [6.07, 6.45) is 1.86. The molecule has 20 heavy (non-hydrogen) atoms. The minimum absolute atomic E-state index is 0.200. The van der Waals surface area contributed by atoms with Crippen molar-refractivity contribution in [2.75, 3.05) is 7.05 Å². The topological polar surface area (TPSA) is 24.9 Å². The van der Waals surface area contributed by atoms with Crippen molar-refractivity contribution in [2.24, 2.45) is 0 Å². The lowest BCUT2D eigenvalue weighted by atomic mass is 10.0. The molecule has 3 rings (SSSR count). The van der Waals surface area contributed by atoms with Crippen molar-refractivity contribution in [3.8, 4) is 0 Å². The van der Waals surface area contributed by atoms with E-state index in [0.29, 0.717) is 0 Å². The third-order valence-electron chi connectivity index (χ3n) is 3.73. The van der Waals surface area contributed by atoms with Gasteiger partial charge in [0.05, 0.1) is 11.6 Å². The molecule has 0 bridgehead atoms. The fourth-order valence-electron chi connectivity index (χ4n) is 2.56. The van der Waals surface area contributed by atoms with Crippen molar-refractivity contribution in [2.45, 2.75) is 19.9 Å². The van der Waals surface area contributed by atoms with E-state index in [2.05, 4.69) is 54.5 Å². The Kier molecular flexibility index (Phi) is 3.55. The lowest BCUT2D eigenvalue weighted by Crippen LogP contribution is -2.17. The van der Waals surface area contributed by atoms with E-state index in [-0.39, 0.29) is 6.04 Å². The average molecular weight is 282 g/mol. The number of nitrogens with zero attached hydrogens (tertiary/aromatic N) is 1. The summed E-state index contributed by atoms with van der Waals surface area (Å²) in [5, 5.41) is 4.63. The molecule has 1 unspecified atom stereocenters. The SMILES string of the molecule is CNC(c1cc(C)c(C)s1)c1cccc2cccnc12. The van der Waals surface area contributed by atoms with Crippen LogP contribution in [0.25, 0.3) is 10.9 Å². The molecule has 2 heterocycles. The number of nitrogens with one attached hydrogen (secondary N) is 1. The van der Waals surface area contributed by atoms with Gasteiger partial charge in [-0.15, -0.1) is 11.3 Å². The molecule has 0 spiro atoms. The highest BCUT2D eigenvalue weighted by Crippen LogP contribution is 2.33.